The average molecular weight is 963 g/mol. The molecule has 0 spiro atoms. The number of fused-ring (bicyclic) bond motifs is 5. The van der Waals surface area contributed by atoms with Crippen LogP contribution in [0.3, 0.4) is 0 Å². The maximum atomic E-state index is 6.90. The number of para-hydroxylation sites is 3. The van der Waals surface area contributed by atoms with Gasteiger partial charge in [0.25, 0.3) is 0 Å². The molecule has 358 valence electrons. The van der Waals surface area contributed by atoms with Gasteiger partial charge in [0.05, 0.1) is 17.1 Å². The Morgan fingerprint density at radius 1 is 0.280 bits per heavy atom. The number of benzene rings is 12. The highest BCUT2D eigenvalue weighted by Crippen LogP contribution is 2.47. The third-order valence-corrected chi connectivity index (χ3v) is 14.8. The van der Waals surface area contributed by atoms with Gasteiger partial charge in [-0.15, -0.1) is 0 Å². The molecule has 0 fully saturated rings. The minimum Gasteiger partial charge on any atom is -0.456 e. The van der Waals surface area contributed by atoms with E-state index in [0.29, 0.717) is 0 Å². The predicted molar refractivity (Wildman–Crippen MR) is 319 cm³/mol. The minimum absolute atomic E-state index is 0.0619. The first kappa shape index (κ1) is 45.4. The predicted octanol–water partition coefficient (Wildman–Crippen LogP) is 20.8. The Hall–Kier alpha value is -9.44. The Morgan fingerprint density at radius 3 is 1.11 bits per heavy atom. The fraction of sp³-hybridized carbons (Fsp3) is 0.0556. The second kappa shape index (κ2) is 18.9. The zero-order valence-corrected chi connectivity index (χ0v) is 42.3. The lowest BCUT2D eigenvalue weighted by atomic mass is 9.86. The van der Waals surface area contributed by atoms with Crippen molar-refractivity contribution in [2.75, 3.05) is 9.80 Å². The van der Waals surface area contributed by atoms with E-state index in [2.05, 4.69) is 304 Å². The lowest BCUT2D eigenvalue weighted by Gasteiger charge is -2.30. The first-order valence-electron chi connectivity index (χ1n) is 25.9. The van der Waals surface area contributed by atoms with E-state index >= 15 is 0 Å². The molecule has 0 unspecified atom stereocenters. The van der Waals surface area contributed by atoms with Gasteiger partial charge in [0, 0.05) is 44.5 Å². The molecule has 1 heterocycles. The molecule has 0 radical (unpaired) electrons. The van der Waals surface area contributed by atoms with Crippen LogP contribution in [-0.2, 0) is 5.41 Å². The van der Waals surface area contributed by atoms with E-state index in [9.17, 15) is 0 Å². The second-order valence-corrected chi connectivity index (χ2v) is 20.6. The summed E-state index contributed by atoms with van der Waals surface area (Å²) in [6, 6.07) is 98.9. The van der Waals surface area contributed by atoms with E-state index in [4.69, 9.17) is 4.42 Å². The Kier molecular flexibility index (Phi) is 11.4. The van der Waals surface area contributed by atoms with Crippen molar-refractivity contribution in [3.63, 3.8) is 0 Å². The molecule has 0 aliphatic rings. The molecule has 3 heteroatoms. The summed E-state index contributed by atoms with van der Waals surface area (Å²) in [5.41, 5.74) is 19.0. The van der Waals surface area contributed by atoms with Crippen molar-refractivity contribution in [2.24, 2.45) is 0 Å². The minimum atomic E-state index is 0.0619. The molecular formula is C72H54N2O. The molecule has 0 amide bonds. The van der Waals surface area contributed by atoms with E-state index < -0.39 is 0 Å². The molecule has 3 nitrogen and oxygen atoms in total. The molecular weight excluding hydrogens is 909 g/mol. The van der Waals surface area contributed by atoms with Gasteiger partial charge in [0.1, 0.15) is 11.2 Å². The van der Waals surface area contributed by atoms with Crippen LogP contribution in [0.5, 0.6) is 0 Å². The molecule has 0 atom stereocenters. The summed E-state index contributed by atoms with van der Waals surface area (Å²) in [5.74, 6) is 0. The summed E-state index contributed by atoms with van der Waals surface area (Å²) >= 11 is 0. The maximum Gasteiger partial charge on any atom is 0.136 e. The van der Waals surface area contributed by atoms with Crippen LogP contribution in [0, 0.1) is 0 Å². The molecule has 13 rings (SSSR count). The number of nitrogens with zero attached hydrogens (tertiary/aromatic N) is 2. The molecule has 0 bridgehead atoms. The third-order valence-electron chi connectivity index (χ3n) is 14.8. The standard InChI is InChI=1S/C72H54N2O/c1-72(2,3)58-37-31-53(32-38-58)64-27-13-16-28-67(64)73(59-39-33-50(34-40-59)49-19-7-4-8-20-49)60-41-35-54-45-65-66-46-55-36-42-61(44-57(55)48-71(66)75-70(65)47-56(54)43-60)74(68-29-17-14-25-62(68)51-21-9-5-10-22-51)69-30-18-15-26-63(69)52-23-11-6-12-24-52/h4-48H,1-3H3. The van der Waals surface area contributed by atoms with Gasteiger partial charge in [-0.25, -0.2) is 0 Å². The molecule has 0 aliphatic carbocycles. The van der Waals surface area contributed by atoms with Gasteiger partial charge in [-0.3, -0.25) is 0 Å². The van der Waals surface area contributed by atoms with Crippen molar-refractivity contribution in [2.45, 2.75) is 26.2 Å². The van der Waals surface area contributed by atoms with E-state index in [1.807, 2.05) is 0 Å². The van der Waals surface area contributed by atoms with Crippen LogP contribution in [0.1, 0.15) is 26.3 Å². The SMILES string of the molecule is CC(C)(C)c1ccc(-c2ccccc2N(c2ccc(-c3ccccc3)cc2)c2ccc3cc4c(cc3c2)oc2cc3cc(N(c5ccccc5-c5ccccc5)c5ccccc5-c5ccccc5)ccc3cc24)cc1. The van der Waals surface area contributed by atoms with Gasteiger partial charge in [0.15, 0.2) is 0 Å². The zero-order chi connectivity index (χ0) is 50.5. The zero-order valence-electron chi connectivity index (χ0n) is 42.3. The van der Waals surface area contributed by atoms with Crippen molar-refractivity contribution in [3.8, 4) is 44.5 Å². The van der Waals surface area contributed by atoms with Crippen LogP contribution in [0.2, 0.25) is 0 Å². The summed E-state index contributed by atoms with van der Waals surface area (Å²) in [6.07, 6.45) is 0. The summed E-state index contributed by atoms with van der Waals surface area (Å²) in [5, 5.41) is 6.71. The van der Waals surface area contributed by atoms with Crippen LogP contribution in [-0.4, -0.2) is 0 Å². The summed E-state index contributed by atoms with van der Waals surface area (Å²) in [4.78, 5) is 4.81. The molecule has 0 aliphatic heterocycles. The highest BCUT2D eigenvalue weighted by Gasteiger charge is 2.23. The normalized spacial score (nSPS) is 11.7. The van der Waals surface area contributed by atoms with Crippen molar-refractivity contribution < 1.29 is 4.42 Å². The van der Waals surface area contributed by atoms with Crippen molar-refractivity contribution in [3.05, 3.63) is 279 Å². The quantitative estimate of drug-likeness (QED) is 0.136. The van der Waals surface area contributed by atoms with Gasteiger partial charge in [0.2, 0.25) is 0 Å². The number of furan rings is 1. The van der Waals surface area contributed by atoms with Gasteiger partial charge < -0.3 is 14.2 Å². The largest absolute Gasteiger partial charge is 0.456 e. The molecule has 75 heavy (non-hydrogen) atoms. The number of rotatable bonds is 10. The highest BCUT2D eigenvalue weighted by atomic mass is 16.3. The summed E-state index contributed by atoms with van der Waals surface area (Å²) in [6.45, 7) is 6.80. The Labute approximate surface area is 438 Å². The molecule has 13 aromatic rings. The molecule has 1 aromatic heterocycles. The van der Waals surface area contributed by atoms with Crippen molar-refractivity contribution in [1.29, 1.82) is 0 Å². The summed E-state index contributed by atoms with van der Waals surface area (Å²) < 4.78 is 6.90. The van der Waals surface area contributed by atoms with E-state index in [1.54, 1.807) is 0 Å². The Bertz CT molecular complexity index is 4110. The first-order valence-corrected chi connectivity index (χ1v) is 25.9. The number of anilines is 6. The molecule has 0 N–H and O–H groups in total. The van der Waals surface area contributed by atoms with Gasteiger partial charge in [-0.2, -0.15) is 0 Å². The number of hydrogen-bond acceptors (Lipinski definition) is 3. The highest BCUT2D eigenvalue weighted by molar-refractivity contribution is 6.14. The van der Waals surface area contributed by atoms with Crippen LogP contribution in [0.25, 0.3) is 88.0 Å². The van der Waals surface area contributed by atoms with Gasteiger partial charge >= 0.3 is 0 Å². The van der Waals surface area contributed by atoms with Gasteiger partial charge in [-0.1, -0.05) is 215 Å². The van der Waals surface area contributed by atoms with Crippen LogP contribution >= 0.6 is 0 Å². The van der Waals surface area contributed by atoms with E-state index in [1.165, 1.54) is 22.3 Å². The molecule has 12 aromatic carbocycles. The fourth-order valence-electron chi connectivity index (χ4n) is 10.9. The lowest BCUT2D eigenvalue weighted by molar-refractivity contribution is 0.590. The van der Waals surface area contributed by atoms with Crippen LogP contribution in [0.15, 0.2) is 277 Å². The second-order valence-electron chi connectivity index (χ2n) is 20.6. The summed E-state index contributed by atoms with van der Waals surface area (Å²) in [7, 11) is 0. The first-order chi connectivity index (χ1) is 36.8. The Balaban J connectivity index is 0.928. The van der Waals surface area contributed by atoms with E-state index in [0.717, 1.165) is 105 Å². The number of hydrogen-bond donors (Lipinski definition) is 0. The fourth-order valence-corrected chi connectivity index (χ4v) is 10.9. The molecule has 0 saturated carbocycles. The molecule has 0 saturated heterocycles. The van der Waals surface area contributed by atoms with Crippen LogP contribution < -0.4 is 9.80 Å². The maximum absolute atomic E-state index is 6.90. The van der Waals surface area contributed by atoms with E-state index in [-0.39, 0.29) is 5.41 Å². The topological polar surface area (TPSA) is 19.6 Å². The smallest absolute Gasteiger partial charge is 0.136 e. The van der Waals surface area contributed by atoms with Crippen molar-refractivity contribution in [1.82, 2.24) is 0 Å². The Morgan fingerprint density at radius 2 is 0.640 bits per heavy atom. The average Bonchev–Trinajstić information content (AvgIpc) is 3.81. The van der Waals surface area contributed by atoms with Crippen LogP contribution in [0.4, 0.5) is 34.1 Å². The third kappa shape index (κ3) is 8.58. The van der Waals surface area contributed by atoms with Crippen molar-refractivity contribution >= 4 is 77.6 Å². The lowest BCUT2D eigenvalue weighted by Crippen LogP contribution is -2.12. The monoisotopic (exact) mass is 962 g/mol. The van der Waals surface area contributed by atoms with Gasteiger partial charge in [-0.05, 0) is 139 Å².